The first-order valence-electron chi connectivity index (χ1n) is 48.4. The number of rotatable bonds is 25. The van der Waals surface area contributed by atoms with E-state index in [1.165, 1.54) is 41.8 Å². The molecule has 0 unspecified atom stereocenters. The smallest absolute Gasteiger partial charge is 0.488 e. The van der Waals surface area contributed by atoms with Gasteiger partial charge in [-0.25, -0.2) is 34.3 Å². The predicted molar refractivity (Wildman–Crippen MR) is 588 cm³/mol. The van der Waals surface area contributed by atoms with E-state index in [2.05, 4.69) is 133 Å². The SMILES string of the molecule is CC(C)(C)c1ccc(B(O)O)cc1.COC(=O)c1c(C)cc(-c2ccc(C(C)(C)C)cc2)nc1Cl.Cc1cc(-c2ccc(C(C)(C)C)cc2)nc(N)c1C(=O)C[C@@H](CCN)C(=O)N(C)[C@@H]1C(=O)C[C@@H](C)C(=O)N[C@H](C(=O)CCC#N)Cc2ccc(OCCN)c(c2)-c2cc1ccc2OCCN.Cc1cc(-c2ccc(C(C)(C)C)cc2)nc(N)c1C(=O)O.Cc1cc(Cl)nc(Cl)c1C(=O)O.N=C(c1ccccc1)c1ccccc1. The van der Waals surface area contributed by atoms with Gasteiger partial charge in [-0.1, -0.05) is 295 Å². The van der Waals surface area contributed by atoms with Crippen molar-refractivity contribution >= 4 is 112 Å². The number of carboxylic acids is 2. The van der Waals surface area contributed by atoms with Gasteiger partial charge in [0.2, 0.25) is 11.8 Å². The van der Waals surface area contributed by atoms with Crippen molar-refractivity contribution in [2.24, 2.45) is 29.0 Å². The first-order valence-corrected chi connectivity index (χ1v) is 49.5. The molecule has 4 aromatic heterocycles. The summed E-state index contributed by atoms with van der Waals surface area (Å²) in [5, 5.41) is 55.9. The van der Waals surface area contributed by atoms with Gasteiger partial charge in [0, 0.05) is 85.5 Å². The molecule has 32 heteroatoms. The van der Waals surface area contributed by atoms with E-state index >= 15 is 0 Å². The van der Waals surface area contributed by atoms with Crippen LogP contribution >= 0.6 is 34.8 Å². The molecule has 1 aliphatic heterocycles. The first-order chi connectivity index (χ1) is 69.7. The Morgan fingerprint density at radius 2 is 0.946 bits per heavy atom. The number of amides is 2. The molecule has 0 saturated heterocycles. The molecular weight excluding hydrogens is 1930 g/mol. The minimum atomic E-state index is -1.37. The number of halogens is 3. The summed E-state index contributed by atoms with van der Waals surface area (Å²) < 4.78 is 17.0. The number of aromatic nitrogens is 4. The highest BCUT2D eigenvalue weighted by Gasteiger charge is 2.38. The number of likely N-dealkylation sites (N-methyl/N-ethyl adjacent to an activating group) is 1. The van der Waals surface area contributed by atoms with E-state index in [9.17, 15) is 43.6 Å². The number of anilines is 2. The number of carbonyl (C=O) groups excluding carboxylic acids is 6. The van der Waals surface area contributed by atoms with E-state index in [0.717, 1.165) is 44.6 Å². The lowest BCUT2D eigenvalue weighted by atomic mass is 9.78. The van der Waals surface area contributed by atoms with Crippen molar-refractivity contribution in [2.75, 3.05) is 58.5 Å². The number of aromatic carboxylic acids is 2. The topological polar surface area (TPSA) is 490 Å². The number of pyridine rings is 4. The zero-order valence-electron chi connectivity index (χ0n) is 87.4. The molecule has 0 spiro atoms. The van der Waals surface area contributed by atoms with E-state index in [4.69, 9.17) is 103 Å². The molecule has 28 nitrogen and oxygen atoms in total. The van der Waals surface area contributed by atoms with Crippen molar-refractivity contribution in [3.8, 4) is 62.5 Å². The molecule has 13 rings (SSSR count). The molecule has 148 heavy (non-hydrogen) atoms. The lowest BCUT2D eigenvalue weighted by molar-refractivity contribution is -0.142. The van der Waals surface area contributed by atoms with Crippen LogP contribution in [0.1, 0.15) is 236 Å². The van der Waals surface area contributed by atoms with E-state index < -0.39 is 72.3 Å². The second-order valence-corrected chi connectivity index (χ2v) is 41.2. The van der Waals surface area contributed by atoms with Gasteiger partial charge in [-0.15, -0.1) is 0 Å². The monoisotopic (exact) mass is 2070 g/mol. The van der Waals surface area contributed by atoms with Crippen LogP contribution in [0.4, 0.5) is 11.6 Å². The number of hydrogen-bond donors (Lipinski definition) is 11. The number of carbonyl (C=O) groups is 8. The molecular formula is C116H135BCl3N13O15. The van der Waals surface area contributed by atoms with E-state index in [1.807, 2.05) is 146 Å². The molecule has 0 aliphatic carbocycles. The summed E-state index contributed by atoms with van der Waals surface area (Å²) >= 11 is 17.2. The molecule has 12 aromatic rings. The highest BCUT2D eigenvalue weighted by Crippen LogP contribution is 2.43. The number of ketones is 3. The number of esters is 1. The Morgan fingerprint density at radius 1 is 0.534 bits per heavy atom. The number of fused-ring (bicyclic) bond motifs is 5. The molecule has 0 fully saturated rings. The molecule has 16 N–H and O–H groups in total. The normalized spacial score (nSPS) is 13.6. The van der Waals surface area contributed by atoms with Gasteiger partial charge in [-0.2, -0.15) is 5.26 Å². The highest BCUT2D eigenvalue weighted by atomic mass is 35.5. The Hall–Kier alpha value is -14.2. The largest absolute Gasteiger partial charge is 0.492 e. The average molecular weight is 2070 g/mol. The predicted octanol–water partition coefficient (Wildman–Crippen LogP) is 20.1. The Bertz CT molecular complexity index is 6590. The van der Waals surface area contributed by atoms with Crippen LogP contribution in [-0.2, 0) is 52.0 Å². The van der Waals surface area contributed by atoms with Gasteiger partial charge in [-0.3, -0.25) is 29.4 Å². The second-order valence-electron chi connectivity index (χ2n) is 40.1. The zero-order valence-corrected chi connectivity index (χ0v) is 89.7. The minimum Gasteiger partial charge on any atom is -0.492 e. The van der Waals surface area contributed by atoms with Gasteiger partial charge in [0.1, 0.15) is 63.4 Å². The van der Waals surface area contributed by atoms with Crippen LogP contribution in [0.15, 0.2) is 218 Å². The number of nitrogens with zero attached hydrogens (tertiary/aromatic N) is 6. The molecule has 2 amide bonds. The molecule has 0 saturated carbocycles. The van der Waals surface area contributed by atoms with Crippen molar-refractivity contribution in [1.29, 1.82) is 10.7 Å². The third kappa shape index (κ3) is 33.2. The fourth-order valence-electron chi connectivity index (χ4n) is 16.2. The maximum atomic E-state index is 14.8. The Kier molecular flexibility index (Phi) is 43.4. The number of aryl methyl sites for hydroxylation is 4. The minimum absolute atomic E-state index is 0.000988. The number of Topliss-reactive ketones (excluding diaryl/α,β-unsaturated/α-hetero) is 3. The Labute approximate surface area is 882 Å². The molecule has 1 aliphatic rings. The van der Waals surface area contributed by atoms with Gasteiger partial charge in [-0.05, 0) is 189 Å². The van der Waals surface area contributed by atoms with Crippen molar-refractivity contribution < 1.29 is 72.8 Å². The average Bonchev–Trinajstić information content (AvgIpc) is 0.780. The fraction of sp³-hybridized carbons (Fsp3) is 0.328. The van der Waals surface area contributed by atoms with Crippen molar-refractivity contribution in [2.45, 2.75) is 190 Å². The van der Waals surface area contributed by atoms with Crippen molar-refractivity contribution in [1.82, 2.24) is 30.2 Å². The van der Waals surface area contributed by atoms with Crippen LogP contribution in [0.2, 0.25) is 15.5 Å². The summed E-state index contributed by atoms with van der Waals surface area (Å²) in [6.45, 7) is 35.1. The summed E-state index contributed by atoms with van der Waals surface area (Å²) in [6.07, 6.45) is -0.479. The zero-order chi connectivity index (χ0) is 110. The van der Waals surface area contributed by atoms with Crippen LogP contribution in [0.3, 0.4) is 0 Å². The highest BCUT2D eigenvalue weighted by molar-refractivity contribution is 6.58. The van der Waals surface area contributed by atoms with Crippen molar-refractivity contribution in [3.63, 3.8) is 0 Å². The summed E-state index contributed by atoms with van der Waals surface area (Å²) in [7, 11) is 1.46. The Morgan fingerprint density at radius 3 is 1.34 bits per heavy atom. The molecule has 778 valence electrons. The number of benzene rings is 8. The fourth-order valence-corrected chi connectivity index (χ4v) is 17.2. The molecule has 4 bridgehead atoms. The number of ether oxygens (including phenoxy) is 3. The number of hydrogen-bond acceptors (Lipinski definition) is 24. The van der Waals surface area contributed by atoms with E-state index in [1.54, 1.807) is 82.3 Å². The molecule has 4 atom stereocenters. The number of nitriles is 1. The van der Waals surface area contributed by atoms with Gasteiger partial charge in [0.25, 0.3) is 0 Å². The van der Waals surface area contributed by atoms with Crippen molar-refractivity contribution in [3.05, 3.63) is 323 Å². The standard InChI is InChI=1S/C51H64N8O7.C18H20ClNO2.C17H20N2O2.C13H11N.C10H15BO2.C7H5Cl2NO2/c1-30-24-39(33-10-13-36(14-11-33)51(3,4)5)57-48(56)46(30)42(61)29-35(17-19-53)50(64)59(6)47-34-12-16-45(66-23-21-55)38(28-34)37-26-32(9-15-44(37)65-22-20-54)27-40(41(60)8-7-18-52)58-49(63)31(2)25-43(47)62;1-11-10-14(20-16(19)15(11)17(21)22-5)12-6-8-13(9-7-12)18(2,3)4;1-10-9-13(19-15(18)14(10)16(20)21)11-5-7-12(8-6-11)17(2,3)4;14-13(11-7-3-1-4-8-11)12-9-5-2-6-10-12;1-10(2,3)8-4-6-9(7-5-8)11(12)13;1-3-2-4(8)10-6(9)5(3)7(11)12/h9-16,24,26,28,31,35,40,47H,7-8,17,19-23,25,27,29,53-55H2,1-6H3,(H2,56,57)(H,58,63);6-10H,1-5H3;5-9H,1-4H3,(H2,18,19)(H,20,21);1-10,14H;4-7,12-13H,1-3H3;2H,1H3,(H,11,12)/t31-,35-,40+,47+;;;;;/m1...../s1. The van der Waals surface area contributed by atoms with Gasteiger partial charge in [0.15, 0.2) is 17.3 Å². The van der Waals surface area contributed by atoms with Gasteiger partial charge in [0.05, 0.1) is 58.7 Å². The van der Waals surface area contributed by atoms with Gasteiger partial charge >= 0.3 is 25.0 Å². The summed E-state index contributed by atoms with van der Waals surface area (Å²) in [6, 6.07) is 68.3. The number of carboxylic acid groups (broad SMARTS) is 2. The number of methoxy groups -OCH3 is 1. The molecule has 8 aromatic carbocycles. The molecule has 5 heterocycles. The molecule has 0 radical (unpaired) electrons. The van der Waals surface area contributed by atoms with Crippen LogP contribution in [0.25, 0.3) is 44.9 Å². The lowest BCUT2D eigenvalue weighted by Crippen LogP contribution is -2.46. The van der Waals surface area contributed by atoms with Crippen LogP contribution in [0.5, 0.6) is 11.5 Å². The number of nitrogen functional groups attached to an aromatic ring is 2. The third-order valence-electron chi connectivity index (χ3n) is 24.6. The Balaban J connectivity index is 0.000000259. The maximum Gasteiger partial charge on any atom is 0.488 e. The third-order valence-corrected chi connectivity index (χ3v) is 25.3. The quantitative estimate of drug-likeness (QED) is 0.00832. The van der Waals surface area contributed by atoms with Crippen LogP contribution < -0.4 is 48.9 Å². The number of nitrogens with one attached hydrogen (secondary N) is 2. The van der Waals surface area contributed by atoms with E-state index in [-0.39, 0.29) is 143 Å². The van der Waals surface area contributed by atoms with Crippen LogP contribution in [-0.4, -0.2) is 158 Å². The summed E-state index contributed by atoms with van der Waals surface area (Å²) in [4.78, 5) is 123. The van der Waals surface area contributed by atoms with Gasteiger partial charge < -0.3 is 73.4 Å². The summed E-state index contributed by atoms with van der Waals surface area (Å²) in [5.41, 5.74) is 48.2. The number of nitrogens with two attached hydrogens (primary N) is 5. The summed E-state index contributed by atoms with van der Waals surface area (Å²) in [5.74, 6) is -5.84. The second kappa shape index (κ2) is 54.0. The first kappa shape index (κ1) is 119. The van der Waals surface area contributed by atoms with Crippen LogP contribution in [0, 0.1) is 56.3 Å². The lowest BCUT2D eigenvalue weighted by Gasteiger charge is -2.32. The van der Waals surface area contributed by atoms with E-state index in [0.29, 0.717) is 78.6 Å². The maximum absolute atomic E-state index is 14.8.